The molecule has 0 amide bonds. The molecule has 0 saturated carbocycles. The van der Waals surface area contributed by atoms with E-state index < -0.39 is 12.6 Å². The van der Waals surface area contributed by atoms with Crippen LogP contribution in [0.5, 0.6) is 0 Å². The molecule has 0 spiro atoms. The fraction of sp³-hybridized carbons (Fsp3) is 1.00. The minimum Gasteiger partial charge on any atom is -0.379 e. The molecule has 1 rings (SSSR count). The number of unbranched alkanes of at least 4 members (excludes halogenated alkanes) is 16. The highest BCUT2D eigenvalue weighted by Gasteiger charge is 2.25. The van der Waals surface area contributed by atoms with E-state index in [-0.39, 0.29) is 0 Å². The topological polar surface area (TPSA) is 18.5 Å². The third-order valence-corrected chi connectivity index (χ3v) is 6.08. The molecule has 1 aliphatic rings. The van der Waals surface area contributed by atoms with Gasteiger partial charge in [0.1, 0.15) is 0 Å². The number of hydrogen-bond donors (Lipinski definition) is 0. The summed E-state index contributed by atoms with van der Waals surface area (Å²) in [7, 11) is 0. The second-order valence-corrected chi connectivity index (χ2v) is 9.09. The molecule has 2 nitrogen and oxygen atoms in total. The molecule has 180 valence electrons. The molecule has 1 saturated heterocycles. The summed E-state index contributed by atoms with van der Waals surface area (Å²) in [5.74, 6) is 0. The van der Waals surface area contributed by atoms with Crippen molar-refractivity contribution in [3.05, 3.63) is 0 Å². The Morgan fingerprint density at radius 1 is 0.633 bits per heavy atom. The van der Waals surface area contributed by atoms with Crippen molar-refractivity contribution < 1.29 is 22.6 Å². The minimum absolute atomic E-state index is 0.300. The normalized spacial score (nSPS) is 17.1. The van der Waals surface area contributed by atoms with Gasteiger partial charge in [0.15, 0.2) is 0 Å². The van der Waals surface area contributed by atoms with Crippen molar-refractivity contribution in [3.63, 3.8) is 0 Å². The van der Waals surface area contributed by atoms with Crippen LogP contribution < -0.4 is 0 Å². The summed E-state index contributed by atoms with van der Waals surface area (Å²) in [6.07, 6.45) is 18.2. The zero-order chi connectivity index (χ0) is 21.8. The first kappa shape index (κ1) is 27.7. The molecule has 0 aromatic carbocycles. The van der Waals surface area contributed by atoms with Crippen LogP contribution in [0.2, 0.25) is 0 Å². The fourth-order valence-corrected chi connectivity index (χ4v) is 4.17. The van der Waals surface area contributed by atoms with E-state index in [1.165, 1.54) is 89.9 Å². The Kier molecular flexibility index (Phi) is 17.9. The second-order valence-electron chi connectivity index (χ2n) is 9.09. The quantitative estimate of drug-likeness (QED) is 0.167. The van der Waals surface area contributed by atoms with Gasteiger partial charge in [-0.1, -0.05) is 96.3 Å². The van der Waals surface area contributed by atoms with Crippen molar-refractivity contribution >= 4 is 0 Å². The molecule has 0 bridgehead atoms. The molecule has 0 N–H and O–H groups in total. The number of alkyl halides is 3. The highest BCUT2D eigenvalue weighted by atomic mass is 19.4. The van der Waals surface area contributed by atoms with Crippen LogP contribution in [0, 0.1) is 0 Å². The molecule has 1 atom stereocenters. The maximum atomic E-state index is 12.0. The van der Waals surface area contributed by atoms with Gasteiger partial charge in [-0.2, -0.15) is 13.2 Å². The van der Waals surface area contributed by atoms with Crippen LogP contribution in [0.4, 0.5) is 13.2 Å². The molecular weight excluding hydrogens is 389 g/mol. The van der Waals surface area contributed by atoms with Crippen LogP contribution >= 0.6 is 0 Å². The van der Waals surface area contributed by atoms with Gasteiger partial charge >= 0.3 is 6.18 Å². The van der Waals surface area contributed by atoms with E-state index in [2.05, 4.69) is 0 Å². The molecule has 1 heterocycles. The minimum atomic E-state index is -3.97. The molecule has 0 radical (unpaired) electrons. The monoisotopic (exact) mass is 436 g/mol. The lowest BCUT2D eigenvalue weighted by molar-refractivity contribution is -0.135. The van der Waals surface area contributed by atoms with E-state index in [0.29, 0.717) is 12.5 Å². The van der Waals surface area contributed by atoms with Gasteiger partial charge in [-0.05, 0) is 25.7 Å². The van der Waals surface area contributed by atoms with Crippen molar-refractivity contribution in [1.29, 1.82) is 0 Å². The predicted molar refractivity (Wildman–Crippen MR) is 119 cm³/mol. The molecule has 1 unspecified atom stereocenters. The first-order valence-electron chi connectivity index (χ1n) is 12.8. The largest absolute Gasteiger partial charge is 0.389 e. The van der Waals surface area contributed by atoms with Crippen molar-refractivity contribution in [2.24, 2.45) is 0 Å². The fourth-order valence-electron chi connectivity index (χ4n) is 4.17. The van der Waals surface area contributed by atoms with Crippen LogP contribution in [-0.4, -0.2) is 32.1 Å². The van der Waals surface area contributed by atoms with Gasteiger partial charge in [0, 0.05) is 19.6 Å². The molecule has 1 aliphatic heterocycles. The highest BCUT2D eigenvalue weighted by molar-refractivity contribution is 4.63. The summed E-state index contributed by atoms with van der Waals surface area (Å²) in [4.78, 5) is 0. The Morgan fingerprint density at radius 3 is 1.47 bits per heavy atom. The summed E-state index contributed by atoms with van der Waals surface area (Å²) in [5.41, 5.74) is 0. The van der Waals surface area contributed by atoms with E-state index in [0.717, 1.165) is 45.5 Å². The first-order valence-corrected chi connectivity index (χ1v) is 12.8. The third kappa shape index (κ3) is 19.7. The maximum absolute atomic E-state index is 12.0. The Labute approximate surface area is 183 Å². The SMILES string of the molecule is FC(F)(F)CCCCCCCCCCCCCCCCCCCOCC1CCCO1. The number of hydrogen-bond acceptors (Lipinski definition) is 2. The molecule has 0 aromatic heterocycles. The molecule has 30 heavy (non-hydrogen) atoms. The molecule has 0 aromatic rings. The van der Waals surface area contributed by atoms with Gasteiger partial charge < -0.3 is 9.47 Å². The van der Waals surface area contributed by atoms with E-state index in [9.17, 15) is 13.2 Å². The van der Waals surface area contributed by atoms with Gasteiger partial charge in [-0.15, -0.1) is 0 Å². The van der Waals surface area contributed by atoms with Crippen LogP contribution in [0.25, 0.3) is 0 Å². The molecular formula is C25H47F3O2. The smallest absolute Gasteiger partial charge is 0.379 e. The Morgan fingerprint density at radius 2 is 1.07 bits per heavy atom. The van der Waals surface area contributed by atoms with E-state index in [1.54, 1.807) is 0 Å². The van der Waals surface area contributed by atoms with Crippen molar-refractivity contribution in [1.82, 2.24) is 0 Å². The van der Waals surface area contributed by atoms with Crippen LogP contribution in [0.3, 0.4) is 0 Å². The van der Waals surface area contributed by atoms with Gasteiger partial charge in [-0.3, -0.25) is 0 Å². The maximum Gasteiger partial charge on any atom is 0.389 e. The number of ether oxygens (including phenoxy) is 2. The second kappa shape index (κ2) is 19.4. The van der Waals surface area contributed by atoms with Crippen LogP contribution in [0.15, 0.2) is 0 Å². The predicted octanol–water partition coefficient (Wildman–Crippen LogP) is 8.77. The summed E-state index contributed by atoms with van der Waals surface area (Å²) >= 11 is 0. The third-order valence-electron chi connectivity index (χ3n) is 6.08. The highest BCUT2D eigenvalue weighted by Crippen LogP contribution is 2.23. The summed E-state index contributed by atoms with van der Waals surface area (Å²) in [6, 6.07) is 0. The first-order chi connectivity index (χ1) is 14.6. The Bertz CT molecular complexity index is 355. The standard InChI is InChI=1S/C25H47F3O2/c26-25(27,28)20-16-14-12-10-8-6-4-2-1-3-5-7-9-11-13-15-17-21-29-23-24-19-18-22-30-24/h24H,1-23H2. The molecule has 0 aliphatic carbocycles. The lowest BCUT2D eigenvalue weighted by Crippen LogP contribution is -2.14. The van der Waals surface area contributed by atoms with E-state index in [4.69, 9.17) is 9.47 Å². The van der Waals surface area contributed by atoms with E-state index in [1.807, 2.05) is 0 Å². The van der Waals surface area contributed by atoms with Crippen LogP contribution in [-0.2, 0) is 9.47 Å². The lowest BCUT2D eigenvalue weighted by atomic mass is 10.0. The number of halogens is 3. The summed E-state index contributed by atoms with van der Waals surface area (Å²) < 4.78 is 47.3. The zero-order valence-corrected chi connectivity index (χ0v) is 19.3. The van der Waals surface area contributed by atoms with Gasteiger partial charge in [0.2, 0.25) is 0 Å². The van der Waals surface area contributed by atoms with Gasteiger partial charge in [0.05, 0.1) is 12.7 Å². The van der Waals surface area contributed by atoms with Crippen molar-refractivity contribution in [2.45, 2.75) is 141 Å². The van der Waals surface area contributed by atoms with Crippen molar-refractivity contribution in [3.8, 4) is 0 Å². The van der Waals surface area contributed by atoms with Gasteiger partial charge in [0.25, 0.3) is 0 Å². The van der Waals surface area contributed by atoms with Crippen LogP contribution in [0.1, 0.15) is 128 Å². The zero-order valence-electron chi connectivity index (χ0n) is 19.3. The number of rotatable bonds is 21. The summed E-state index contributed by atoms with van der Waals surface area (Å²) in [5, 5.41) is 0. The average molecular weight is 437 g/mol. The van der Waals surface area contributed by atoms with Crippen molar-refractivity contribution in [2.75, 3.05) is 19.8 Å². The molecule has 5 heteroatoms. The lowest BCUT2D eigenvalue weighted by Gasteiger charge is -2.09. The summed E-state index contributed by atoms with van der Waals surface area (Å²) in [6.45, 7) is 2.58. The Balaban J connectivity index is 1.63. The van der Waals surface area contributed by atoms with E-state index >= 15 is 0 Å². The average Bonchev–Trinajstić information content (AvgIpc) is 3.22. The van der Waals surface area contributed by atoms with Gasteiger partial charge in [-0.25, -0.2) is 0 Å². The molecule has 1 fully saturated rings. The Hall–Kier alpha value is -0.290.